The van der Waals surface area contributed by atoms with Gasteiger partial charge >= 0.3 is 5.97 Å². The molecule has 22 heavy (non-hydrogen) atoms. The highest BCUT2D eigenvalue weighted by atomic mass is 79.9. The molecule has 0 aromatic heterocycles. The van der Waals surface area contributed by atoms with Gasteiger partial charge in [0.05, 0.1) is 10.2 Å². The maximum absolute atomic E-state index is 12.3. The largest absolute Gasteiger partial charge is 0.481 e. The van der Waals surface area contributed by atoms with E-state index in [0.717, 1.165) is 9.37 Å². The molecular formula is C16H22BrNO3S. The van der Waals surface area contributed by atoms with Crippen molar-refractivity contribution in [2.45, 2.75) is 43.8 Å². The minimum atomic E-state index is -0.856. The number of thioether (sulfide) groups is 1. The van der Waals surface area contributed by atoms with Crippen LogP contribution in [0.25, 0.3) is 0 Å². The standard InChI is InChI=1S/C16H22BrNO3S/c1-15(2,14(20)21)9-10-18-13(19)16(3,4)22-12-7-5-11(17)6-8-12/h5-8H,9-10H2,1-4H3,(H,18,19)(H,20,21). The summed E-state index contributed by atoms with van der Waals surface area (Å²) in [7, 11) is 0. The second kappa shape index (κ2) is 7.51. The van der Waals surface area contributed by atoms with E-state index in [0.29, 0.717) is 13.0 Å². The molecule has 6 heteroatoms. The first-order chi connectivity index (χ1) is 10.0. The Labute approximate surface area is 144 Å². The Hall–Kier alpha value is -1.01. The predicted octanol–water partition coefficient (Wildman–Crippen LogP) is 3.94. The zero-order chi connectivity index (χ0) is 17.0. The molecule has 0 aliphatic heterocycles. The normalized spacial score (nSPS) is 12.0. The van der Waals surface area contributed by atoms with Gasteiger partial charge in [0.25, 0.3) is 0 Å². The predicted molar refractivity (Wildman–Crippen MR) is 93.1 cm³/mol. The van der Waals surface area contributed by atoms with Crippen molar-refractivity contribution in [3.8, 4) is 0 Å². The molecule has 0 radical (unpaired) electrons. The van der Waals surface area contributed by atoms with E-state index in [1.54, 1.807) is 13.8 Å². The maximum atomic E-state index is 12.3. The van der Waals surface area contributed by atoms with Gasteiger partial charge in [-0.3, -0.25) is 9.59 Å². The fourth-order valence-corrected chi connectivity index (χ4v) is 2.94. The Balaban J connectivity index is 2.56. The molecule has 0 aliphatic carbocycles. The van der Waals surface area contributed by atoms with Crippen LogP contribution in [0.4, 0.5) is 0 Å². The molecule has 4 nitrogen and oxygen atoms in total. The van der Waals surface area contributed by atoms with E-state index in [-0.39, 0.29) is 5.91 Å². The van der Waals surface area contributed by atoms with Crippen molar-refractivity contribution in [1.29, 1.82) is 0 Å². The van der Waals surface area contributed by atoms with Crippen LogP contribution < -0.4 is 5.32 Å². The number of carbonyl (C=O) groups excluding carboxylic acids is 1. The molecule has 0 atom stereocenters. The molecule has 0 bridgehead atoms. The number of carboxylic acids is 1. The smallest absolute Gasteiger partial charge is 0.309 e. The summed E-state index contributed by atoms with van der Waals surface area (Å²) in [6.07, 6.45) is 0.396. The van der Waals surface area contributed by atoms with Crippen molar-refractivity contribution < 1.29 is 14.7 Å². The molecule has 1 aromatic carbocycles. The zero-order valence-corrected chi connectivity index (χ0v) is 15.7. The van der Waals surface area contributed by atoms with Gasteiger partial charge in [-0.05, 0) is 58.4 Å². The molecule has 0 heterocycles. The third-order valence-electron chi connectivity index (χ3n) is 3.35. The van der Waals surface area contributed by atoms with Crippen molar-refractivity contribution in [3.63, 3.8) is 0 Å². The van der Waals surface area contributed by atoms with Crippen molar-refractivity contribution in [2.24, 2.45) is 5.41 Å². The van der Waals surface area contributed by atoms with Crippen LogP contribution in [0.1, 0.15) is 34.1 Å². The van der Waals surface area contributed by atoms with Gasteiger partial charge in [-0.25, -0.2) is 0 Å². The Kier molecular flexibility index (Phi) is 6.50. The highest BCUT2D eigenvalue weighted by Gasteiger charge is 2.31. The highest BCUT2D eigenvalue weighted by molar-refractivity contribution is 9.10. The quantitative estimate of drug-likeness (QED) is 0.695. The van der Waals surface area contributed by atoms with Crippen LogP contribution in [-0.2, 0) is 9.59 Å². The first-order valence-electron chi connectivity index (χ1n) is 7.01. The molecule has 1 rings (SSSR count). The van der Waals surface area contributed by atoms with Gasteiger partial charge in [0.1, 0.15) is 0 Å². The summed E-state index contributed by atoms with van der Waals surface area (Å²) in [6.45, 7) is 7.38. The maximum Gasteiger partial charge on any atom is 0.309 e. The molecule has 0 spiro atoms. The van der Waals surface area contributed by atoms with Crippen LogP contribution in [0.5, 0.6) is 0 Å². The van der Waals surface area contributed by atoms with Gasteiger partial charge in [0.2, 0.25) is 5.91 Å². The van der Waals surface area contributed by atoms with E-state index in [4.69, 9.17) is 5.11 Å². The molecule has 1 aromatic rings. The molecule has 122 valence electrons. The first kappa shape index (κ1) is 19.0. The van der Waals surface area contributed by atoms with Crippen molar-refractivity contribution in [1.82, 2.24) is 5.32 Å². The molecule has 0 unspecified atom stereocenters. The lowest BCUT2D eigenvalue weighted by Crippen LogP contribution is -2.41. The number of rotatable bonds is 7. The molecule has 0 fully saturated rings. The molecule has 1 amide bonds. The van der Waals surface area contributed by atoms with E-state index in [1.807, 2.05) is 38.1 Å². The average Bonchev–Trinajstić information content (AvgIpc) is 2.40. The number of hydrogen-bond donors (Lipinski definition) is 2. The number of aliphatic carboxylic acids is 1. The lowest BCUT2D eigenvalue weighted by Gasteiger charge is -2.25. The van der Waals surface area contributed by atoms with Gasteiger partial charge < -0.3 is 10.4 Å². The van der Waals surface area contributed by atoms with Crippen LogP contribution in [0.2, 0.25) is 0 Å². The van der Waals surface area contributed by atoms with Crippen LogP contribution >= 0.6 is 27.7 Å². The number of nitrogens with one attached hydrogen (secondary N) is 1. The Bertz CT molecular complexity index is 541. The SMILES string of the molecule is CC(C)(CCNC(=O)C(C)(C)Sc1ccc(Br)cc1)C(=O)O. The topological polar surface area (TPSA) is 66.4 Å². The molecule has 0 aliphatic rings. The highest BCUT2D eigenvalue weighted by Crippen LogP contribution is 2.33. The molecule has 0 saturated carbocycles. The Morgan fingerprint density at radius 2 is 1.73 bits per heavy atom. The molecular weight excluding hydrogens is 366 g/mol. The summed E-state index contributed by atoms with van der Waals surface area (Å²) in [5, 5.41) is 11.9. The van der Waals surface area contributed by atoms with E-state index in [9.17, 15) is 9.59 Å². The van der Waals surface area contributed by atoms with Gasteiger partial charge in [0.15, 0.2) is 0 Å². The third-order valence-corrected chi connectivity index (χ3v) is 5.08. The van der Waals surface area contributed by atoms with E-state index in [2.05, 4.69) is 21.2 Å². The lowest BCUT2D eigenvalue weighted by molar-refractivity contribution is -0.147. The number of halogens is 1. The van der Waals surface area contributed by atoms with Crippen LogP contribution in [-0.4, -0.2) is 28.3 Å². The van der Waals surface area contributed by atoms with E-state index < -0.39 is 16.1 Å². The van der Waals surface area contributed by atoms with Gasteiger partial charge in [-0.15, -0.1) is 11.8 Å². The third kappa shape index (κ3) is 5.65. The summed E-state index contributed by atoms with van der Waals surface area (Å²) < 4.78 is 0.372. The van der Waals surface area contributed by atoms with Gasteiger partial charge in [-0.1, -0.05) is 15.9 Å². The van der Waals surface area contributed by atoms with E-state index >= 15 is 0 Å². The number of carbonyl (C=O) groups is 2. The second-order valence-electron chi connectivity index (χ2n) is 6.26. The van der Waals surface area contributed by atoms with Gasteiger partial charge in [-0.2, -0.15) is 0 Å². The first-order valence-corrected chi connectivity index (χ1v) is 8.62. The summed E-state index contributed by atoms with van der Waals surface area (Å²) >= 11 is 4.86. The summed E-state index contributed by atoms with van der Waals surface area (Å²) in [5.41, 5.74) is -0.837. The summed E-state index contributed by atoms with van der Waals surface area (Å²) in [4.78, 5) is 24.4. The van der Waals surface area contributed by atoms with E-state index in [1.165, 1.54) is 11.8 Å². The Morgan fingerprint density at radius 3 is 2.23 bits per heavy atom. The van der Waals surface area contributed by atoms with Crippen molar-refractivity contribution >= 4 is 39.6 Å². The summed E-state index contributed by atoms with van der Waals surface area (Å²) in [5.74, 6) is -0.952. The monoisotopic (exact) mass is 387 g/mol. The zero-order valence-electron chi connectivity index (χ0n) is 13.3. The average molecular weight is 388 g/mol. The summed E-state index contributed by atoms with van der Waals surface area (Å²) in [6, 6.07) is 7.78. The minimum absolute atomic E-state index is 0.0957. The number of benzene rings is 1. The Morgan fingerprint density at radius 1 is 1.18 bits per heavy atom. The number of hydrogen-bond acceptors (Lipinski definition) is 3. The fourth-order valence-electron chi connectivity index (χ4n) is 1.65. The van der Waals surface area contributed by atoms with Crippen LogP contribution in [0.3, 0.4) is 0 Å². The number of amides is 1. The van der Waals surface area contributed by atoms with Crippen molar-refractivity contribution in [3.05, 3.63) is 28.7 Å². The van der Waals surface area contributed by atoms with Gasteiger partial charge in [0, 0.05) is 15.9 Å². The second-order valence-corrected chi connectivity index (χ2v) is 8.87. The molecule has 2 N–H and O–H groups in total. The fraction of sp³-hybridized carbons (Fsp3) is 0.500. The van der Waals surface area contributed by atoms with Crippen molar-refractivity contribution in [2.75, 3.05) is 6.54 Å². The van der Waals surface area contributed by atoms with Crippen LogP contribution in [0, 0.1) is 5.41 Å². The minimum Gasteiger partial charge on any atom is -0.481 e. The van der Waals surface area contributed by atoms with Crippen LogP contribution in [0.15, 0.2) is 33.6 Å². The molecule has 0 saturated heterocycles. The lowest BCUT2D eigenvalue weighted by atomic mass is 9.89. The number of carboxylic acid groups (broad SMARTS) is 1.